The molecule has 1 N–H and O–H groups in total. The summed E-state index contributed by atoms with van der Waals surface area (Å²) in [4.78, 5) is 10.8. The fourth-order valence-electron chi connectivity index (χ4n) is 1.83. The van der Waals surface area contributed by atoms with Gasteiger partial charge in [0.1, 0.15) is 4.90 Å². The van der Waals surface area contributed by atoms with Crippen LogP contribution in [0.1, 0.15) is 10.4 Å². The first kappa shape index (κ1) is 15.9. The fraction of sp³-hybridized carbons (Fsp3) is 0.364. The number of rotatable bonds is 3. The quantitative estimate of drug-likeness (QED) is 0.900. The van der Waals surface area contributed by atoms with Gasteiger partial charge in [-0.3, -0.25) is 0 Å². The van der Waals surface area contributed by atoms with Crippen molar-refractivity contribution in [1.29, 1.82) is 0 Å². The highest BCUT2D eigenvalue weighted by molar-refractivity contribution is 7.99. The number of sulfonamides is 1. The molecule has 2 rings (SSSR count). The highest BCUT2D eigenvalue weighted by Crippen LogP contribution is 2.32. The van der Waals surface area contributed by atoms with E-state index >= 15 is 0 Å². The van der Waals surface area contributed by atoms with Gasteiger partial charge in [0, 0.05) is 29.6 Å². The van der Waals surface area contributed by atoms with Crippen molar-refractivity contribution in [2.45, 2.75) is 4.90 Å². The first-order chi connectivity index (χ1) is 9.34. The lowest BCUT2D eigenvalue weighted by Crippen LogP contribution is -2.38. The van der Waals surface area contributed by atoms with Gasteiger partial charge in [0.15, 0.2) is 0 Å². The van der Waals surface area contributed by atoms with E-state index in [4.69, 9.17) is 28.3 Å². The van der Waals surface area contributed by atoms with Gasteiger partial charge in [0.25, 0.3) is 0 Å². The number of benzene rings is 1. The molecule has 1 aliphatic heterocycles. The van der Waals surface area contributed by atoms with E-state index in [0.717, 1.165) is 6.07 Å². The van der Waals surface area contributed by atoms with Gasteiger partial charge in [-0.25, -0.2) is 13.2 Å². The molecule has 110 valence electrons. The maximum atomic E-state index is 12.5. The Balaban J connectivity index is 2.53. The van der Waals surface area contributed by atoms with E-state index in [2.05, 4.69) is 0 Å². The standard InChI is InChI=1S/C11H11Cl2NO4S2/c12-7-5-8(11(15)16)10(13)9(6-7)20(17,18)14-1-3-19-4-2-14/h5-6H,1-4H2,(H,15,16). The zero-order valence-electron chi connectivity index (χ0n) is 10.2. The van der Waals surface area contributed by atoms with Crippen LogP contribution in [0.3, 0.4) is 0 Å². The molecule has 0 unspecified atom stereocenters. The first-order valence-corrected chi connectivity index (χ1v) is 8.99. The largest absolute Gasteiger partial charge is 0.478 e. The van der Waals surface area contributed by atoms with Gasteiger partial charge in [-0.2, -0.15) is 16.1 Å². The zero-order chi connectivity index (χ0) is 14.9. The lowest BCUT2D eigenvalue weighted by molar-refractivity contribution is 0.0697. The summed E-state index contributed by atoms with van der Waals surface area (Å²) >= 11 is 13.4. The number of carbonyl (C=O) groups is 1. The third-order valence-electron chi connectivity index (χ3n) is 2.82. The van der Waals surface area contributed by atoms with E-state index in [1.165, 1.54) is 10.4 Å². The highest BCUT2D eigenvalue weighted by Gasteiger charge is 2.30. The number of carboxylic acids is 1. The van der Waals surface area contributed by atoms with Gasteiger partial charge in [-0.1, -0.05) is 23.2 Å². The summed E-state index contributed by atoms with van der Waals surface area (Å²) in [5.41, 5.74) is -0.316. The van der Waals surface area contributed by atoms with Crippen molar-refractivity contribution in [3.8, 4) is 0 Å². The molecule has 0 aliphatic carbocycles. The summed E-state index contributed by atoms with van der Waals surface area (Å²) in [6, 6.07) is 2.32. The van der Waals surface area contributed by atoms with Crippen molar-refractivity contribution in [3.63, 3.8) is 0 Å². The number of nitrogens with zero attached hydrogens (tertiary/aromatic N) is 1. The van der Waals surface area contributed by atoms with Crippen molar-refractivity contribution in [2.24, 2.45) is 0 Å². The second-order valence-corrected chi connectivity index (χ2v) is 8.03. The fourth-order valence-corrected chi connectivity index (χ4v) is 5.29. The van der Waals surface area contributed by atoms with Crippen LogP contribution < -0.4 is 0 Å². The minimum Gasteiger partial charge on any atom is -0.478 e. The van der Waals surface area contributed by atoms with Gasteiger partial charge in [0.05, 0.1) is 10.6 Å². The molecule has 1 aromatic rings. The number of halogens is 2. The Kier molecular flexibility index (Phi) is 4.86. The maximum Gasteiger partial charge on any atom is 0.337 e. The molecule has 20 heavy (non-hydrogen) atoms. The summed E-state index contributed by atoms with van der Waals surface area (Å²) in [5.74, 6) is 0.0787. The topological polar surface area (TPSA) is 74.7 Å². The van der Waals surface area contributed by atoms with E-state index in [1.807, 2.05) is 0 Å². The lowest BCUT2D eigenvalue weighted by atomic mass is 10.2. The molecular formula is C11H11Cl2NO4S2. The summed E-state index contributed by atoms with van der Waals surface area (Å²) < 4.78 is 26.3. The number of hydrogen-bond acceptors (Lipinski definition) is 4. The monoisotopic (exact) mass is 355 g/mol. The van der Waals surface area contributed by atoms with Gasteiger partial charge >= 0.3 is 5.97 Å². The number of hydrogen-bond donors (Lipinski definition) is 1. The van der Waals surface area contributed by atoms with Crippen molar-refractivity contribution >= 4 is 51.0 Å². The Morgan fingerprint density at radius 2 is 1.85 bits per heavy atom. The maximum absolute atomic E-state index is 12.5. The zero-order valence-corrected chi connectivity index (χ0v) is 13.3. The highest BCUT2D eigenvalue weighted by atomic mass is 35.5. The molecule has 0 saturated carbocycles. The minimum atomic E-state index is -3.83. The molecule has 1 aromatic carbocycles. The first-order valence-electron chi connectivity index (χ1n) is 5.64. The predicted octanol–water partition coefficient (Wildman–Crippen LogP) is 2.43. The van der Waals surface area contributed by atoms with Crippen LogP contribution in [0.15, 0.2) is 17.0 Å². The third-order valence-corrected chi connectivity index (χ3v) is 6.43. The lowest BCUT2D eigenvalue weighted by Gasteiger charge is -2.26. The summed E-state index contributed by atoms with van der Waals surface area (Å²) in [7, 11) is -3.83. The smallest absolute Gasteiger partial charge is 0.337 e. The van der Waals surface area contributed by atoms with Crippen molar-refractivity contribution in [2.75, 3.05) is 24.6 Å². The number of thioether (sulfide) groups is 1. The van der Waals surface area contributed by atoms with Crippen LogP contribution in [0.5, 0.6) is 0 Å². The SMILES string of the molecule is O=C(O)c1cc(Cl)cc(S(=O)(=O)N2CCSCC2)c1Cl. The van der Waals surface area contributed by atoms with E-state index in [0.29, 0.717) is 24.6 Å². The molecule has 0 aromatic heterocycles. The molecular weight excluding hydrogens is 345 g/mol. The molecule has 0 bridgehead atoms. The van der Waals surface area contributed by atoms with Crippen LogP contribution in [0, 0.1) is 0 Å². The molecule has 1 fully saturated rings. The molecule has 1 saturated heterocycles. The summed E-state index contributed by atoms with van der Waals surface area (Å²) in [6.45, 7) is 0.747. The van der Waals surface area contributed by atoms with Crippen LogP contribution >= 0.6 is 35.0 Å². The van der Waals surface area contributed by atoms with Crippen LogP contribution in [-0.2, 0) is 10.0 Å². The van der Waals surface area contributed by atoms with Gasteiger partial charge in [0.2, 0.25) is 10.0 Å². The number of aromatic carboxylic acids is 1. The van der Waals surface area contributed by atoms with E-state index in [9.17, 15) is 13.2 Å². The van der Waals surface area contributed by atoms with Crippen LogP contribution in [-0.4, -0.2) is 48.4 Å². The predicted molar refractivity (Wildman–Crippen MR) is 79.5 cm³/mol. The van der Waals surface area contributed by atoms with Crippen LogP contribution in [0.25, 0.3) is 0 Å². The van der Waals surface area contributed by atoms with Crippen molar-refractivity contribution < 1.29 is 18.3 Å². The molecule has 1 aliphatic rings. The minimum absolute atomic E-state index is 0.0248. The molecule has 9 heteroatoms. The average Bonchev–Trinajstić information content (AvgIpc) is 2.41. The average molecular weight is 356 g/mol. The van der Waals surface area contributed by atoms with E-state index < -0.39 is 16.0 Å². The number of carboxylic acid groups (broad SMARTS) is 1. The van der Waals surface area contributed by atoms with Crippen molar-refractivity contribution in [3.05, 3.63) is 27.7 Å². The Morgan fingerprint density at radius 1 is 1.25 bits per heavy atom. The Bertz CT molecular complexity index is 642. The van der Waals surface area contributed by atoms with Gasteiger partial charge < -0.3 is 5.11 Å². The molecule has 0 amide bonds. The van der Waals surface area contributed by atoms with Crippen LogP contribution in [0.4, 0.5) is 0 Å². The van der Waals surface area contributed by atoms with Gasteiger partial charge in [-0.05, 0) is 12.1 Å². The van der Waals surface area contributed by atoms with E-state index in [-0.39, 0.29) is 20.5 Å². The second-order valence-electron chi connectivity index (χ2n) is 4.09. The van der Waals surface area contributed by atoms with E-state index in [1.54, 1.807) is 11.8 Å². The molecule has 5 nitrogen and oxygen atoms in total. The Hall–Kier alpha value is -0.470. The Labute approximate surface area is 130 Å². The molecule has 1 heterocycles. The summed E-state index contributed by atoms with van der Waals surface area (Å²) in [5, 5.41) is 8.76. The third kappa shape index (κ3) is 3.07. The second kappa shape index (κ2) is 6.11. The Morgan fingerprint density at radius 3 is 2.40 bits per heavy atom. The van der Waals surface area contributed by atoms with Crippen molar-refractivity contribution in [1.82, 2.24) is 4.31 Å². The van der Waals surface area contributed by atoms with Crippen LogP contribution in [0.2, 0.25) is 10.0 Å². The molecule has 0 spiro atoms. The summed E-state index contributed by atoms with van der Waals surface area (Å²) in [6.07, 6.45) is 0. The normalized spacial score (nSPS) is 17.1. The molecule has 0 radical (unpaired) electrons. The molecule has 0 atom stereocenters. The van der Waals surface area contributed by atoms with Gasteiger partial charge in [-0.15, -0.1) is 0 Å².